The van der Waals surface area contributed by atoms with E-state index in [1.54, 1.807) is 12.4 Å². The molecule has 0 aliphatic carbocycles. The number of hydrogen-bond donors (Lipinski definition) is 2. The second-order valence-corrected chi connectivity index (χ2v) is 5.24. The third-order valence-corrected chi connectivity index (χ3v) is 3.70. The Bertz CT molecular complexity index is 562. The van der Waals surface area contributed by atoms with Crippen LogP contribution in [0.25, 0.3) is 0 Å². The van der Waals surface area contributed by atoms with Crippen LogP contribution >= 0.6 is 31.9 Å². The van der Waals surface area contributed by atoms with E-state index in [-0.39, 0.29) is 5.91 Å². The molecule has 0 aliphatic rings. The summed E-state index contributed by atoms with van der Waals surface area (Å²) in [7, 11) is 0. The lowest BCUT2D eigenvalue weighted by Crippen LogP contribution is -2.25. The van der Waals surface area contributed by atoms with Crippen LogP contribution in [0.1, 0.15) is 23.1 Å². The minimum Gasteiger partial charge on any atom is -0.345 e. The maximum Gasteiger partial charge on any atom is 0.270 e. The van der Waals surface area contributed by atoms with Gasteiger partial charge in [0.25, 0.3) is 5.91 Å². The van der Waals surface area contributed by atoms with Crippen molar-refractivity contribution in [3.63, 3.8) is 0 Å². The molecule has 0 saturated carbocycles. The van der Waals surface area contributed by atoms with Gasteiger partial charge in [-0.05, 0) is 38.8 Å². The number of aryl methyl sites for hydroxylation is 1. The highest BCUT2D eigenvalue weighted by Crippen LogP contribution is 2.16. The molecular formula is C10H11Br2N5O. The van der Waals surface area contributed by atoms with Crippen molar-refractivity contribution in [3.8, 4) is 0 Å². The van der Waals surface area contributed by atoms with Gasteiger partial charge >= 0.3 is 0 Å². The van der Waals surface area contributed by atoms with E-state index in [0.29, 0.717) is 16.7 Å². The molecule has 2 aromatic rings. The molecule has 96 valence electrons. The number of nitrogens with one attached hydrogen (secondary N) is 2. The molecule has 0 aliphatic heterocycles. The zero-order chi connectivity index (χ0) is 13.1. The first-order valence-electron chi connectivity index (χ1n) is 5.30. The van der Waals surface area contributed by atoms with Crippen LogP contribution in [0, 0.1) is 0 Å². The van der Waals surface area contributed by atoms with Crippen LogP contribution in [0.2, 0.25) is 0 Å². The van der Waals surface area contributed by atoms with Gasteiger partial charge in [-0.25, -0.2) is 0 Å². The lowest BCUT2D eigenvalue weighted by molar-refractivity contribution is 0.0944. The Labute approximate surface area is 120 Å². The average molecular weight is 377 g/mol. The standard InChI is InChI=1S/C10H11Br2N5O/c1-2-17-8(6(11)4-15-17)5-13-10(18)9-7(12)3-14-16-9/h3-4H,2,5H2,1H3,(H,13,18)(H,14,16). The van der Waals surface area contributed by atoms with Crippen molar-refractivity contribution >= 4 is 37.8 Å². The SMILES string of the molecule is CCn1ncc(Br)c1CNC(=O)c1[nH]ncc1Br. The fourth-order valence-electron chi connectivity index (χ4n) is 1.52. The smallest absolute Gasteiger partial charge is 0.270 e. The van der Waals surface area contributed by atoms with Crippen molar-refractivity contribution in [2.75, 3.05) is 0 Å². The summed E-state index contributed by atoms with van der Waals surface area (Å²) in [4.78, 5) is 11.9. The van der Waals surface area contributed by atoms with E-state index in [1.807, 2.05) is 11.6 Å². The zero-order valence-electron chi connectivity index (χ0n) is 9.57. The first-order chi connectivity index (χ1) is 8.63. The summed E-state index contributed by atoms with van der Waals surface area (Å²) in [5.74, 6) is -0.213. The van der Waals surface area contributed by atoms with Gasteiger partial charge in [0.1, 0.15) is 5.69 Å². The van der Waals surface area contributed by atoms with Gasteiger partial charge in [-0.1, -0.05) is 0 Å². The molecule has 0 atom stereocenters. The van der Waals surface area contributed by atoms with Crippen LogP contribution in [-0.2, 0) is 13.1 Å². The van der Waals surface area contributed by atoms with Gasteiger partial charge in [0.05, 0.1) is 33.6 Å². The lowest BCUT2D eigenvalue weighted by Gasteiger charge is -2.07. The Hall–Kier alpha value is -1.15. The van der Waals surface area contributed by atoms with Crippen molar-refractivity contribution in [3.05, 3.63) is 32.7 Å². The van der Waals surface area contributed by atoms with Gasteiger partial charge in [-0.3, -0.25) is 14.6 Å². The molecule has 0 fully saturated rings. The second kappa shape index (κ2) is 5.66. The summed E-state index contributed by atoms with van der Waals surface area (Å²) in [5.41, 5.74) is 1.34. The van der Waals surface area contributed by atoms with Crippen molar-refractivity contribution in [2.45, 2.75) is 20.0 Å². The Morgan fingerprint density at radius 2 is 2.22 bits per heavy atom. The molecular weight excluding hydrogens is 366 g/mol. The number of halogens is 2. The van der Waals surface area contributed by atoms with Gasteiger partial charge in [-0.2, -0.15) is 10.2 Å². The molecule has 18 heavy (non-hydrogen) atoms. The second-order valence-electron chi connectivity index (χ2n) is 3.53. The number of aromatic amines is 1. The average Bonchev–Trinajstić information content (AvgIpc) is 2.92. The number of carbonyl (C=O) groups excluding carboxylic acids is 1. The number of nitrogens with zero attached hydrogens (tertiary/aromatic N) is 3. The van der Waals surface area contributed by atoms with Gasteiger partial charge in [-0.15, -0.1) is 0 Å². The molecule has 0 saturated heterocycles. The monoisotopic (exact) mass is 375 g/mol. The van der Waals surface area contributed by atoms with Crippen LogP contribution in [-0.4, -0.2) is 25.9 Å². The lowest BCUT2D eigenvalue weighted by atomic mass is 10.3. The molecule has 0 bridgehead atoms. The molecule has 2 rings (SSSR count). The van der Waals surface area contributed by atoms with Gasteiger partial charge in [0.2, 0.25) is 0 Å². The molecule has 2 N–H and O–H groups in total. The van der Waals surface area contributed by atoms with Gasteiger partial charge < -0.3 is 5.32 Å². The molecule has 0 spiro atoms. The topological polar surface area (TPSA) is 75.6 Å². The minimum absolute atomic E-state index is 0.213. The van der Waals surface area contributed by atoms with E-state index in [0.717, 1.165) is 16.7 Å². The fourth-order valence-corrected chi connectivity index (χ4v) is 2.33. The highest BCUT2D eigenvalue weighted by Gasteiger charge is 2.14. The predicted octanol–water partition coefficient (Wildman–Crippen LogP) is 2.08. The normalized spacial score (nSPS) is 10.6. The summed E-state index contributed by atoms with van der Waals surface area (Å²) in [6, 6.07) is 0. The summed E-state index contributed by atoms with van der Waals surface area (Å²) in [6.07, 6.45) is 3.26. The molecule has 0 unspecified atom stereocenters. The zero-order valence-corrected chi connectivity index (χ0v) is 12.7. The van der Waals surface area contributed by atoms with Crippen LogP contribution in [0.4, 0.5) is 0 Å². The quantitative estimate of drug-likeness (QED) is 0.857. The molecule has 2 aromatic heterocycles. The Morgan fingerprint density at radius 1 is 1.44 bits per heavy atom. The van der Waals surface area contributed by atoms with Crippen LogP contribution in [0.15, 0.2) is 21.3 Å². The highest BCUT2D eigenvalue weighted by molar-refractivity contribution is 9.10. The molecule has 8 heteroatoms. The van der Waals surface area contributed by atoms with Crippen LogP contribution in [0.5, 0.6) is 0 Å². The number of aromatic nitrogens is 4. The predicted molar refractivity (Wildman–Crippen MR) is 73.1 cm³/mol. The van der Waals surface area contributed by atoms with Gasteiger partial charge in [0.15, 0.2) is 0 Å². The van der Waals surface area contributed by atoms with Crippen LogP contribution < -0.4 is 5.32 Å². The summed E-state index contributed by atoms with van der Waals surface area (Å²) >= 11 is 6.65. The Kier molecular flexibility index (Phi) is 4.18. The largest absolute Gasteiger partial charge is 0.345 e. The van der Waals surface area contributed by atoms with E-state index in [9.17, 15) is 4.79 Å². The minimum atomic E-state index is -0.213. The fraction of sp³-hybridized carbons (Fsp3) is 0.300. The number of rotatable bonds is 4. The van der Waals surface area contributed by atoms with Crippen LogP contribution in [0.3, 0.4) is 0 Å². The maximum atomic E-state index is 11.9. The van der Waals surface area contributed by atoms with Crippen molar-refractivity contribution in [2.24, 2.45) is 0 Å². The summed E-state index contributed by atoms with van der Waals surface area (Å²) in [5, 5.41) is 13.4. The van der Waals surface area contributed by atoms with Crippen molar-refractivity contribution < 1.29 is 4.79 Å². The van der Waals surface area contributed by atoms with E-state index < -0.39 is 0 Å². The molecule has 0 radical (unpaired) electrons. The maximum absolute atomic E-state index is 11.9. The molecule has 6 nitrogen and oxygen atoms in total. The molecule has 0 aromatic carbocycles. The molecule has 1 amide bonds. The van der Waals surface area contributed by atoms with E-state index in [2.05, 4.69) is 52.5 Å². The van der Waals surface area contributed by atoms with E-state index in [1.165, 1.54) is 0 Å². The summed E-state index contributed by atoms with van der Waals surface area (Å²) < 4.78 is 3.35. The van der Waals surface area contributed by atoms with Gasteiger partial charge in [0, 0.05) is 6.54 Å². The number of carbonyl (C=O) groups is 1. The van der Waals surface area contributed by atoms with Crippen molar-refractivity contribution in [1.29, 1.82) is 0 Å². The third kappa shape index (κ3) is 2.64. The third-order valence-electron chi connectivity index (χ3n) is 2.43. The number of amides is 1. The first kappa shape index (κ1) is 13.3. The van der Waals surface area contributed by atoms with Crippen molar-refractivity contribution in [1.82, 2.24) is 25.3 Å². The highest BCUT2D eigenvalue weighted by atomic mass is 79.9. The Morgan fingerprint density at radius 3 is 2.83 bits per heavy atom. The van der Waals surface area contributed by atoms with E-state index >= 15 is 0 Å². The first-order valence-corrected chi connectivity index (χ1v) is 6.89. The number of hydrogen-bond acceptors (Lipinski definition) is 3. The number of H-pyrrole nitrogens is 1. The Balaban J connectivity index is 2.06. The summed E-state index contributed by atoms with van der Waals surface area (Å²) in [6.45, 7) is 3.15. The van der Waals surface area contributed by atoms with E-state index in [4.69, 9.17) is 0 Å². The molecule has 2 heterocycles.